The molecule has 0 fully saturated rings. The van der Waals surface area contributed by atoms with Crippen molar-refractivity contribution in [1.82, 2.24) is 0 Å². The van der Waals surface area contributed by atoms with Gasteiger partial charge in [-0.1, -0.05) is 24.3 Å². The Labute approximate surface area is 134 Å². The van der Waals surface area contributed by atoms with Crippen LogP contribution in [-0.2, 0) is 0 Å². The minimum Gasteiger partial charge on any atom is -0.493 e. The Morgan fingerprint density at radius 3 is 2.73 bits per heavy atom. The van der Waals surface area contributed by atoms with Crippen LogP contribution in [-0.4, -0.2) is 19.2 Å². The van der Waals surface area contributed by atoms with E-state index in [9.17, 15) is 0 Å². The van der Waals surface area contributed by atoms with Gasteiger partial charge in [0.1, 0.15) is 0 Å². The first kappa shape index (κ1) is 13.6. The molecule has 112 valence electrons. The molecule has 0 N–H and O–H groups in total. The van der Waals surface area contributed by atoms with E-state index in [0.717, 1.165) is 17.1 Å². The highest BCUT2D eigenvalue weighted by molar-refractivity contribution is 8.01. The summed E-state index contributed by atoms with van der Waals surface area (Å²) < 4.78 is 12.0. The van der Waals surface area contributed by atoms with Gasteiger partial charge in [-0.15, -0.1) is 0 Å². The maximum atomic E-state index is 6.51. The number of anilines is 1. The third-order valence-corrected chi connectivity index (χ3v) is 5.78. The zero-order chi connectivity index (χ0) is 15.3. The zero-order valence-corrected chi connectivity index (χ0v) is 13.6. The molecule has 0 saturated carbocycles. The van der Waals surface area contributed by atoms with Gasteiger partial charge < -0.3 is 14.4 Å². The summed E-state index contributed by atoms with van der Waals surface area (Å²) in [6, 6.07) is 14.4. The Hall–Kier alpha value is -2.07. The molecule has 2 aliphatic heterocycles. The van der Waals surface area contributed by atoms with Gasteiger partial charge in [-0.2, -0.15) is 0 Å². The molecule has 1 spiro atoms. The summed E-state index contributed by atoms with van der Waals surface area (Å²) in [5.74, 6) is 1.58. The first-order valence-electron chi connectivity index (χ1n) is 7.22. The highest BCUT2D eigenvalue weighted by atomic mass is 32.2. The number of methoxy groups -OCH3 is 1. The molecule has 2 heterocycles. The standard InChI is InChI=1S/C18H17NO2S/c1-12-11-13-7-6-9-15(20-3)17(13)21-18(12)19(2)14-8-4-5-10-16(14)22-18/h4-11H,1-3H3. The predicted molar refractivity (Wildman–Crippen MR) is 90.7 cm³/mol. The average molecular weight is 311 g/mol. The summed E-state index contributed by atoms with van der Waals surface area (Å²) in [4.78, 5) is 3.44. The summed E-state index contributed by atoms with van der Waals surface area (Å²) in [5, 5.41) is -0.536. The molecule has 4 heteroatoms. The molecular weight excluding hydrogens is 294 g/mol. The van der Waals surface area contributed by atoms with E-state index in [0.29, 0.717) is 0 Å². The van der Waals surface area contributed by atoms with E-state index in [1.165, 1.54) is 16.2 Å². The number of thioether (sulfide) groups is 1. The summed E-state index contributed by atoms with van der Waals surface area (Å²) in [5.41, 5.74) is 3.43. The van der Waals surface area contributed by atoms with Crippen LogP contribution in [0.2, 0.25) is 0 Å². The van der Waals surface area contributed by atoms with Crippen molar-refractivity contribution in [1.29, 1.82) is 0 Å². The van der Waals surface area contributed by atoms with Crippen LogP contribution in [0.3, 0.4) is 0 Å². The first-order chi connectivity index (χ1) is 10.7. The molecule has 0 bridgehead atoms. The minimum absolute atomic E-state index is 0.536. The summed E-state index contributed by atoms with van der Waals surface area (Å²) in [6.45, 7) is 2.12. The van der Waals surface area contributed by atoms with E-state index < -0.39 is 5.06 Å². The monoisotopic (exact) mass is 311 g/mol. The molecule has 3 nitrogen and oxygen atoms in total. The van der Waals surface area contributed by atoms with Gasteiger partial charge in [0.25, 0.3) is 5.06 Å². The second-order valence-corrected chi connectivity index (χ2v) is 6.72. The number of benzene rings is 2. The number of rotatable bonds is 1. The smallest absolute Gasteiger partial charge is 0.258 e. The topological polar surface area (TPSA) is 21.7 Å². The van der Waals surface area contributed by atoms with Crippen molar-refractivity contribution >= 4 is 23.5 Å². The van der Waals surface area contributed by atoms with Crippen LogP contribution in [0.1, 0.15) is 12.5 Å². The van der Waals surface area contributed by atoms with E-state index in [-0.39, 0.29) is 0 Å². The van der Waals surface area contributed by atoms with Crippen LogP contribution in [0, 0.1) is 0 Å². The van der Waals surface area contributed by atoms with E-state index in [2.05, 4.69) is 55.3 Å². The molecule has 1 unspecified atom stereocenters. The van der Waals surface area contributed by atoms with E-state index >= 15 is 0 Å². The molecule has 2 aromatic rings. The molecule has 0 saturated heterocycles. The molecule has 0 aromatic heterocycles. The van der Waals surface area contributed by atoms with Crippen molar-refractivity contribution in [3.63, 3.8) is 0 Å². The van der Waals surface area contributed by atoms with Gasteiger partial charge in [-0.25, -0.2) is 0 Å². The fourth-order valence-corrected chi connectivity index (χ4v) is 4.43. The Bertz CT molecular complexity index is 786. The SMILES string of the molecule is COc1cccc2c1OC1(Sc3ccccc3N1C)C(C)=C2. The number of hydrogen-bond acceptors (Lipinski definition) is 4. The van der Waals surface area contributed by atoms with Gasteiger partial charge in [0, 0.05) is 23.1 Å². The molecule has 2 aliphatic rings. The van der Waals surface area contributed by atoms with Crippen LogP contribution < -0.4 is 14.4 Å². The van der Waals surface area contributed by atoms with Crippen molar-refractivity contribution in [2.24, 2.45) is 0 Å². The molecule has 0 radical (unpaired) electrons. The maximum absolute atomic E-state index is 6.51. The third-order valence-electron chi connectivity index (χ3n) is 4.26. The predicted octanol–water partition coefficient (Wildman–Crippen LogP) is 4.39. The summed E-state index contributed by atoms with van der Waals surface area (Å²) >= 11 is 1.74. The van der Waals surface area contributed by atoms with Gasteiger partial charge in [-0.3, -0.25) is 0 Å². The molecule has 1 atom stereocenters. The number of nitrogens with zero attached hydrogens (tertiary/aromatic N) is 1. The second kappa shape index (κ2) is 4.71. The highest BCUT2D eigenvalue weighted by Crippen LogP contribution is 2.56. The number of likely N-dealkylation sites (N-methyl/N-ethyl adjacent to an activating group) is 1. The van der Waals surface area contributed by atoms with Crippen molar-refractivity contribution in [3.05, 3.63) is 53.6 Å². The Morgan fingerprint density at radius 2 is 1.95 bits per heavy atom. The number of para-hydroxylation sites is 2. The molecular formula is C18H17NO2S. The van der Waals surface area contributed by atoms with Crippen molar-refractivity contribution in [2.75, 3.05) is 19.1 Å². The minimum atomic E-state index is -0.536. The molecule has 0 aliphatic carbocycles. The van der Waals surface area contributed by atoms with Crippen molar-refractivity contribution in [2.45, 2.75) is 16.9 Å². The van der Waals surface area contributed by atoms with Crippen LogP contribution >= 0.6 is 11.8 Å². The number of ether oxygens (including phenoxy) is 2. The zero-order valence-electron chi connectivity index (χ0n) is 12.8. The van der Waals surface area contributed by atoms with Crippen LogP contribution in [0.5, 0.6) is 11.5 Å². The largest absolute Gasteiger partial charge is 0.493 e. The third kappa shape index (κ3) is 1.70. The van der Waals surface area contributed by atoms with Gasteiger partial charge in [0.2, 0.25) is 0 Å². The first-order valence-corrected chi connectivity index (χ1v) is 8.04. The fraction of sp³-hybridized carbons (Fsp3) is 0.222. The number of hydrogen-bond donors (Lipinski definition) is 0. The molecule has 4 rings (SSSR count). The summed E-state index contributed by atoms with van der Waals surface area (Å²) in [6.07, 6.45) is 2.19. The van der Waals surface area contributed by atoms with E-state index in [1.807, 2.05) is 12.1 Å². The van der Waals surface area contributed by atoms with Crippen LogP contribution in [0.4, 0.5) is 5.69 Å². The van der Waals surface area contributed by atoms with Crippen molar-refractivity contribution < 1.29 is 9.47 Å². The average Bonchev–Trinajstić information content (AvgIpc) is 2.82. The molecule has 2 aromatic carbocycles. The van der Waals surface area contributed by atoms with Gasteiger partial charge in [0.05, 0.1) is 12.8 Å². The maximum Gasteiger partial charge on any atom is 0.258 e. The molecule has 22 heavy (non-hydrogen) atoms. The van der Waals surface area contributed by atoms with Crippen molar-refractivity contribution in [3.8, 4) is 11.5 Å². The van der Waals surface area contributed by atoms with Crippen LogP contribution in [0.15, 0.2) is 52.9 Å². The lowest BCUT2D eigenvalue weighted by Crippen LogP contribution is -2.48. The van der Waals surface area contributed by atoms with Gasteiger partial charge in [-0.05, 0) is 43.0 Å². The Morgan fingerprint density at radius 1 is 1.14 bits per heavy atom. The Balaban J connectivity index is 1.86. The normalized spacial score (nSPS) is 22.0. The van der Waals surface area contributed by atoms with Crippen LogP contribution in [0.25, 0.3) is 6.08 Å². The highest BCUT2D eigenvalue weighted by Gasteiger charge is 2.49. The lowest BCUT2D eigenvalue weighted by Gasteiger charge is -2.40. The number of fused-ring (bicyclic) bond motifs is 2. The van der Waals surface area contributed by atoms with Gasteiger partial charge in [0.15, 0.2) is 11.5 Å². The quantitative estimate of drug-likeness (QED) is 0.779. The molecule has 0 amide bonds. The van der Waals surface area contributed by atoms with E-state index in [4.69, 9.17) is 9.47 Å². The van der Waals surface area contributed by atoms with Gasteiger partial charge >= 0.3 is 0 Å². The lowest BCUT2D eigenvalue weighted by atomic mass is 10.0. The Kier molecular flexibility index (Phi) is 2.91. The van der Waals surface area contributed by atoms with E-state index in [1.54, 1.807) is 18.9 Å². The fourth-order valence-electron chi connectivity index (χ4n) is 3.09. The summed E-state index contributed by atoms with van der Waals surface area (Å²) in [7, 11) is 3.76. The second-order valence-electron chi connectivity index (χ2n) is 5.52. The lowest BCUT2D eigenvalue weighted by molar-refractivity contribution is 0.193.